The summed E-state index contributed by atoms with van der Waals surface area (Å²) >= 11 is 1.24. The second-order valence-corrected chi connectivity index (χ2v) is 6.45. The van der Waals surface area contributed by atoms with Crippen molar-refractivity contribution >= 4 is 11.8 Å². The average Bonchev–Trinajstić information content (AvgIpc) is 2.24. The fraction of sp³-hybridized carbons (Fsp3) is 0.571. The molecule has 0 amide bonds. The van der Waals surface area contributed by atoms with Crippen LogP contribution in [0.4, 0.5) is 8.78 Å². The molecule has 1 nitrogen and oxygen atoms in total. The highest BCUT2D eigenvalue weighted by Gasteiger charge is 2.13. The molecule has 0 saturated carbocycles. The second kappa shape index (κ2) is 6.53. The fourth-order valence-corrected chi connectivity index (χ4v) is 2.23. The van der Waals surface area contributed by atoms with Crippen molar-refractivity contribution in [1.82, 2.24) is 5.32 Å². The molecule has 102 valence electrons. The molecule has 0 radical (unpaired) electrons. The van der Waals surface area contributed by atoms with Crippen LogP contribution in [-0.2, 0) is 6.54 Å². The molecule has 0 aliphatic heterocycles. The first-order valence-corrected chi connectivity index (χ1v) is 7.18. The van der Waals surface area contributed by atoms with Gasteiger partial charge in [-0.2, -0.15) is 0 Å². The van der Waals surface area contributed by atoms with Crippen LogP contribution in [-0.4, -0.2) is 11.3 Å². The van der Waals surface area contributed by atoms with Crippen LogP contribution in [0.3, 0.4) is 0 Å². The van der Waals surface area contributed by atoms with E-state index in [1.165, 1.54) is 23.9 Å². The topological polar surface area (TPSA) is 12.0 Å². The van der Waals surface area contributed by atoms with Crippen molar-refractivity contribution in [2.24, 2.45) is 0 Å². The van der Waals surface area contributed by atoms with Crippen LogP contribution < -0.4 is 5.32 Å². The van der Waals surface area contributed by atoms with E-state index >= 15 is 0 Å². The van der Waals surface area contributed by atoms with Crippen LogP contribution in [0.1, 0.15) is 39.7 Å². The van der Waals surface area contributed by atoms with Gasteiger partial charge in [0.1, 0.15) is 11.6 Å². The molecule has 0 unspecified atom stereocenters. The summed E-state index contributed by atoms with van der Waals surface area (Å²) in [4.78, 5) is 0.136. The lowest BCUT2D eigenvalue weighted by atomic mass is 10.1. The van der Waals surface area contributed by atoms with Crippen molar-refractivity contribution in [2.75, 3.05) is 5.75 Å². The minimum atomic E-state index is -0.459. The van der Waals surface area contributed by atoms with Crippen molar-refractivity contribution < 1.29 is 8.78 Å². The summed E-state index contributed by atoms with van der Waals surface area (Å²) in [6.07, 6.45) is 0.900. The molecular weight excluding hydrogens is 252 g/mol. The third-order valence-corrected chi connectivity index (χ3v) is 3.62. The summed E-state index contributed by atoms with van der Waals surface area (Å²) in [5.41, 5.74) is 0.573. The lowest BCUT2D eigenvalue weighted by molar-refractivity contribution is 0.422. The highest BCUT2D eigenvalue weighted by molar-refractivity contribution is 7.99. The van der Waals surface area contributed by atoms with Gasteiger partial charge >= 0.3 is 0 Å². The Bertz CT molecular complexity index is 376. The molecule has 1 N–H and O–H groups in total. The Balaban J connectivity index is 2.79. The van der Waals surface area contributed by atoms with E-state index in [2.05, 4.69) is 5.32 Å². The maximum absolute atomic E-state index is 13.8. The summed E-state index contributed by atoms with van der Waals surface area (Å²) < 4.78 is 27.5. The zero-order chi connectivity index (χ0) is 13.8. The van der Waals surface area contributed by atoms with Gasteiger partial charge in [0.05, 0.1) is 4.90 Å². The molecule has 0 aromatic heterocycles. The predicted molar refractivity (Wildman–Crippen MR) is 74.0 cm³/mol. The van der Waals surface area contributed by atoms with Gasteiger partial charge in [-0.25, -0.2) is 8.78 Å². The number of hydrogen-bond donors (Lipinski definition) is 1. The molecule has 0 spiro atoms. The normalized spacial score (nSPS) is 11.9. The van der Waals surface area contributed by atoms with Gasteiger partial charge in [-0.05, 0) is 50.6 Å². The summed E-state index contributed by atoms with van der Waals surface area (Å²) in [5, 5.41) is 3.22. The van der Waals surface area contributed by atoms with Crippen molar-refractivity contribution in [3.05, 3.63) is 29.3 Å². The molecule has 0 saturated heterocycles. The molecule has 1 aromatic rings. The van der Waals surface area contributed by atoms with Crippen LogP contribution in [0.2, 0.25) is 0 Å². The highest BCUT2D eigenvalue weighted by atomic mass is 32.2. The van der Waals surface area contributed by atoms with Crippen LogP contribution in [0.25, 0.3) is 0 Å². The Morgan fingerprint density at radius 1 is 1.17 bits per heavy atom. The van der Waals surface area contributed by atoms with Gasteiger partial charge in [0.15, 0.2) is 0 Å². The smallest absolute Gasteiger partial charge is 0.140 e. The number of thioether (sulfide) groups is 1. The first kappa shape index (κ1) is 15.4. The molecule has 0 aliphatic carbocycles. The maximum atomic E-state index is 13.8. The van der Waals surface area contributed by atoms with Gasteiger partial charge in [-0.15, -0.1) is 11.8 Å². The van der Waals surface area contributed by atoms with Crippen LogP contribution in [0.5, 0.6) is 0 Å². The Hall–Kier alpha value is -0.610. The largest absolute Gasteiger partial charge is 0.308 e. The highest BCUT2D eigenvalue weighted by Crippen LogP contribution is 2.27. The number of hydrogen-bond acceptors (Lipinski definition) is 2. The molecule has 0 fully saturated rings. The van der Waals surface area contributed by atoms with E-state index in [-0.39, 0.29) is 10.4 Å². The number of nitrogens with one attached hydrogen (secondary N) is 1. The summed E-state index contributed by atoms with van der Waals surface area (Å²) in [6, 6.07) is 2.83. The summed E-state index contributed by atoms with van der Waals surface area (Å²) in [5.74, 6) is -0.189. The zero-order valence-electron chi connectivity index (χ0n) is 11.4. The van der Waals surface area contributed by atoms with Crippen molar-refractivity contribution in [3.8, 4) is 0 Å². The van der Waals surface area contributed by atoms with E-state index in [4.69, 9.17) is 0 Å². The van der Waals surface area contributed by atoms with E-state index < -0.39 is 11.6 Å². The fourth-order valence-electron chi connectivity index (χ4n) is 1.42. The van der Waals surface area contributed by atoms with E-state index in [1.54, 1.807) is 0 Å². The molecule has 0 bridgehead atoms. The van der Waals surface area contributed by atoms with Crippen LogP contribution in [0.15, 0.2) is 17.0 Å². The lowest BCUT2D eigenvalue weighted by Gasteiger charge is -2.20. The van der Waals surface area contributed by atoms with E-state index in [0.717, 1.165) is 12.2 Å². The standard InChI is InChI=1S/C14H21F2NS/c1-5-6-18-13-11(15)7-10(8-12(13)16)9-17-14(2,3)4/h7-8,17H,5-6,9H2,1-4H3. The first-order valence-electron chi connectivity index (χ1n) is 6.19. The first-order chi connectivity index (χ1) is 8.33. The predicted octanol–water partition coefficient (Wildman–Crippen LogP) is 4.36. The molecule has 1 aromatic carbocycles. The van der Waals surface area contributed by atoms with Gasteiger partial charge in [0.2, 0.25) is 0 Å². The van der Waals surface area contributed by atoms with Crippen molar-refractivity contribution in [1.29, 1.82) is 0 Å². The Labute approximate surface area is 112 Å². The molecule has 0 aliphatic rings. The average molecular weight is 273 g/mol. The molecular formula is C14H21F2NS. The van der Waals surface area contributed by atoms with Gasteiger partial charge in [0.25, 0.3) is 0 Å². The van der Waals surface area contributed by atoms with E-state index in [9.17, 15) is 8.78 Å². The lowest BCUT2D eigenvalue weighted by Crippen LogP contribution is -2.35. The zero-order valence-corrected chi connectivity index (χ0v) is 12.3. The third kappa shape index (κ3) is 4.94. The molecule has 4 heteroatoms. The monoisotopic (exact) mass is 273 g/mol. The second-order valence-electron chi connectivity index (χ2n) is 5.34. The maximum Gasteiger partial charge on any atom is 0.140 e. The Morgan fingerprint density at radius 2 is 1.72 bits per heavy atom. The number of benzene rings is 1. The summed E-state index contributed by atoms with van der Waals surface area (Å²) in [6.45, 7) is 8.52. The van der Waals surface area contributed by atoms with Crippen molar-refractivity contribution in [2.45, 2.75) is 51.1 Å². The van der Waals surface area contributed by atoms with Crippen LogP contribution in [0, 0.1) is 11.6 Å². The molecule has 0 heterocycles. The van der Waals surface area contributed by atoms with Crippen LogP contribution >= 0.6 is 11.8 Å². The molecule has 18 heavy (non-hydrogen) atoms. The van der Waals surface area contributed by atoms with Crippen molar-refractivity contribution in [3.63, 3.8) is 0 Å². The van der Waals surface area contributed by atoms with Gasteiger partial charge in [0, 0.05) is 12.1 Å². The number of halogens is 2. The minimum Gasteiger partial charge on any atom is -0.308 e. The third-order valence-electron chi connectivity index (χ3n) is 2.33. The SMILES string of the molecule is CCCSc1c(F)cc(CNC(C)(C)C)cc1F. The van der Waals surface area contributed by atoms with E-state index in [1.807, 2.05) is 27.7 Å². The Kier molecular flexibility index (Phi) is 5.60. The minimum absolute atomic E-state index is 0.0669. The van der Waals surface area contributed by atoms with Gasteiger partial charge in [-0.3, -0.25) is 0 Å². The summed E-state index contributed by atoms with van der Waals surface area (Å²) in [7, 11) is 0. The Morgan fingerprint density at radius 3 is 2.17 bits per heavy atom. The van der Waals surface area contributed by atoms with Gasteiger partial charge < -0.3 is 5.32 Å². The van der Waals surface area contributed by atoms with Gasteiger partial charge in [-0.1, -0.05) is 6.92 Å². The molecule has 1 rings (SSSR count). The van der Waals surface area contributed by atoms with E-state index in [0.29, 0.717) is 12.1 Å². The molecule has 0 atom stereocenters. The number of rotatable bonds is 5. The quantitative estimate of drug-likeness (QED) is 0.800.